The summed E-state index contributed by atoms with van der Waals surface area (Å²) in [5.74, 6) is 0. The molecule has 2 aromatic rings. The third kappa shape index (κ3) is 1.94. The van der Waals surface area contributed by atoms with Gasteiger partial charge in [-0.1, -0.05) is 0 Å². The highest BCUT2D eigenvalue weighted by Gasteiger charge is 2.07. The Kier molecular flexibility index (Phi) is 3.21. The molecule has 0 saturated heterocycles. The second-order valence-electron chi connectivity index (χ2n) is 3.40. The molecule has 5 nitrogen and oxygen atoms in total. The Morgan fingerprint density at radius 3 is 3.06 bits per heavy atom. The Balaban J connectivity index is 2.44. The normalized spacial score (nSPS) is 11.1. The molecule has 6 heteroatoms. The summed E-state index contributed by atoms with van der Waals surface area (Å²) in [7, 11) is 1.59. The molecular formula is C10H12N2O3S. The first-order chi connectivity index (χ1) is 7.74. The van der Waals surface area contributed by atoms with Gasteiger partial charge in [-0.15, -0.1) is 11.3 Å². The van der Waals surface area contributed by atoms with Gasteiger partial charge in [0, 0.05) is 20.3 Å². The largest absolute Gasteiger partial charge is 0.385 e. The third-order valence-electron chi connectivity index (χ3n) is 2.32. The van der Waals surface area contributed by atoms with Crippen molar-refractivity contribution in [3.63, 3.8) is 0 Å². The van der Waals surface area contributed by atoms with Gasteiger partial charge in [0.2, 0.25) is 0 Å². The molecule has 0 bridgehead atoms. The van der Waals surface area contributed by atoms with Gasteiger partial charge in [0.15, 0.2) is 0 Å². The van der Waals surface area contributed by atoms with Crippen molar-refractivity contribution in [1.29, 1.82) is 0 Å². The van der Waals surface area contributed by atoms with Gasteiger partial charge in [-0.3, -0.25) is 9.36 Å². The van der Waals surface area contributed by atoms with Crippen LogP contribution < -0.4 is 11.2 Å². The number of fused-ring (bicyclic) bond motifs is 1. The van der Waals surface area contributed by atoms with Crippen molar-refractivity contribution in [2.45, 2.75) is 13.0 Å². The standard InChI is InChI=1S/C10H12N2O3S/c1-15-5-2-4-12-9(13)8-7(3-6-16-8)11-10(12)14/h3,6H,2,4-5H2,1H3,(H,11,14). The predicted octanol–water partition coefficient (Wildman–Crippen LogP) is 0.788. The van der Waals surface area contributed by atoms with E-state index in [9.17, 15) is 9.59 Å². The van der Waals surface area contributed by atoms with Crippen LogP contribution in [0.4, 0.5) is 0 Å². The van der Waals surface area contributed by atoms with Gasteiger partial charge in [-0.2, -0.15) is 0 Å². The van der Waals surface area contributed by atoms with Gasteiger partial charge in [0.05, 0.1) is 5.52 Å². The zero-order valence-corrected chi connectivity index (χ0v) is 9.67. The topological polar surface area (TPSA) is 64.1 Å². The molecular weight excluding hydrogens is 228 g/mol. The highest BCUT2D eigenvalue weighted by molar-refractivity contribution is 7.17. The van der Waals surface area contributed by atoms with Crippen molar-refractivity contribution in [1.82, 2.24) is 9.55 Å². The average molecular weight is 240 g/mol. The number of H-pyrrole nitrogens is 1. The van der Waals surface area contributed by atoms with E-state index in [2.05, 4.69) is 4.98 Å². The minimum Gasteiger partial charge on any atom is -0.385 e. The molecule has 0 unspecified atom stereocenters. The highest BCUT2D eigenvalue weighted by atomic mass is 32.1. The van der Waals surface area contributed by atoms with Gasteiger partial charge >= 0.3 is 5.69 Å². The lowest BCUT2D eigenvalue weighted by atomic mass is 10.4. The summed E-state index contributed by atoms with van der Waals surface area (Å²) in [5.41, 5.74) is 0.0415. The zero-order valence-electron chi connectivity index (χ0n) is 8.86. The number of hydrogen-bond acceptors (Lipinski definition) is 4. The summed E-state index contributed by atoms with van der Waals surface area (Å²) in [6.07, 6.45) is 0.649. The molecule has 86 valence electrons. The molecule has 0 aliphatic carbocycles. The molecule has 0 saturated carbocycles. The van der Waals surface area contributed by atoms with Crippen LogP contribution in [0.15, 0.2) is 21.0 Å². The maximum absolute atomic E-state index is 11.9. The fraction of sp³-hybridized carbons (Fsp3) is 0.400. The van der Waals surface area contributed by atoms with Crippen molar-refractivity contribution >= 4 is 21.6 Å². The first kappa shape index (κ1) is 11.1. The molecule has 2 rings (SSSR count). The van der Waals surface area contributed by atoms with Crippen LogP contribution in [-0.2, 0) is 11.3 Å². The van der Waals surface area contributed by atoms with Gasteiger partial charge < -0.3 is 9.72 Å². The summed E-state index contributed by atoms with van der Waals surface area (Å²) >= 11 is 1.34. The predicted molar refractivity (Wildman–Crippen MR) is 63.2 cm³/mol. The van der Waals surface area contributed by atoms with Crippen LogP contribution >= 0.6 is 11.3 Å². The first-order valence-corrected chi connectivity index (χ1v) is 5.81. The van der Waals surface area contributed by atoms with Crippen LogP contribution in [0.25, 0.3) is 10.2 Å². The number of aromatic nitrogens is 2. The van der Waals surface area contributed by atoms with Crippen molar-refractivity contribution in [2.75, 3.05) is 13.7 Å². The molecule has 0 aliphatic heterocycles. The third-order valence-corrected chi connectivity index (χ3v) is 3.22. The maximum Gasteiger partial charge on any atom is 0.328 e. The number of rotatable bonds is 4. The lowest BCUT2D eigenvalue weighted by Gasteiger charge is -2.03. The van der Waals surface area contributed by atoms with E-state index in [4.69, 9.17) is 4.74 Å². The van der Waals surface area contributed by atoms with Crippen LogP contribution in [0, 0.1) is 0 Å². The van der Waals surface area contributed by atoms with E-state index >= 15 is 0 Å². The van der Waals surface area contributed by atoms with Crippen LogP contribution in [0.5, 0.6) is 0 Å². The fourth-order valence-corrected chi connectivity index (χ4v) is 2.34. The summed E-state index contributed by atoms with van der Waals surface area (Å²) in [4.78, 5) is 26.2. The number of aromatic amines is 1. The Bertz CT molecular complexity index is 596. The lowest BCUT2D eigenvalue weighted by Crippen LogP contribution is -2.34. The molecule has 0 spiro atoms. The molecule has 2 aromatic heterocycles. The van der Waals surface area contributed by atoms with Gasteiger partial charge in [-0.25, -0.2) is 4.79 Å². The van der Waals surface area contributed by atoms with Crippen molar-refractivity contribution in [2.24, 2.45) is 0 Å². The monoisotopic (exact) mass is 240 g/mol. The lowest BCUT2D eigenvalue weighted by molar-refractivity contribution is 0.189. The van der Waals surface area contributed by atoms with Crippen molar-refractivity contribution in [3.8, 4) is 0 Å². The minimum absolute atomic E-state index is 0.218. The van der Waals surface area contributed by atoms with Gasteiger partial charge in [0.1, 0.15) is 4.70 Å². The van der Waals surface area contributed by atoms with E-state index in [0.29, 0.717) is 29.8 Å². The molecule has 16 heavy (non-hydrogen) atoms. The number of nitrogens with one attached hydrogen (secondary N) is 1. The molecule has 2 heterocycles. The Morgan fingerprint density at radius 1 is 1.50 bits per heavy atom. The first-order valence-electron chi connectivity index (χ1n) is 4.93. The molecule has 0 atom stereocenters. The van der Waals surface area contributed by atoms with Crippen molar-refractivity contribution in [3.05, 3.63) is 32.3 Å². The van der Waals surface area contributed by atoms with Crippen molar-refractivity contribution < 1.29 is 4.74 Å². The van der Waals surface area contributed by atoms with E-state index < -0.39 is 0 Å². The number of ether oxygens (including phenoxy) is 1. The molecule has 0 amide bonds. The molecule has 0 aliphatic rings. The zero-order chi connectivity index (χ0) is 11.5. The summed E-state index contributed by atoms with van der Waals surface area (Å²) < 4.78 is 6.71. The molecule has 0 aromatic carbocycles. The Labute approximate surface area is 95.3 Å². The van der Waals surface area contributed by atoms with Gasteiger partial charge in [0.25, 0.3) is 5.56 Å². The number of thiophene rings is 1. The summed E-state index contributed by atoms with van der Waals surface area (Å²) in [6, 6.07) is 1.74. The second kappa shape index (κ2) is 4.63. The van der Waals surface area contributed by atoms with E-state index in [1.807, 2.05) is 0 Å². The van der Waals surface area contributed by atoms with Crippen LogP contribution in [-0.4, -0.2) is 23.3 Å². The van der Waals surface area contributed by atoms with Crippen LogP contribution in [0.2, 0.25) is 0 Å². The Morgan fingerprint density at radius 2 is 2.31 bits per heavy atom. The van der Waals surface area contributed by atoms with Crippen LogP contribution in [0.3, 0.4) is 0 Å². The Hall–Kier alpha value is -1.40. The summed E-state index contributed by atoms with van der Waals surface area (Å²) in [6.45, 7) is 0.921. The number of hydrogen-bond donors (Lipinski definition) is 1. The maximum atomic E-state index is 11.9. The molecule has 0 fully saturated rings. The molecule has 0 radical (unpaired) electrons. The summed E-state index contributed by atoms with van der Waals surface area (Å²) in [5, 5.41) is 1.79. The number of methoxy groups -OCH3 is 1. The fourth-order valence-electron chi connectivity index (χ4n) is 1.54. The second-order valence-corrected chi connectivity index (χ2v) is 4.31. The number of nitrogens with zero attached hydrogens (tertiary/aromatic N) is 1. The van der Waals surface area contributed by atoms with Crippen LogP contribution in [0.1, 0.15) is 6.42 Å². The molecule has 1 N–H and O–H groups in total. The van der Waals surface area contributed by atoms with E-state index in [-0.39, 0.29) is 11.2 Å². The van der Waals surface area contributed by atoms with E-state index in [1.54, 1.807) is 18.6 Å². The van der Waals surface area contributed by atoms with E-state index in [0.717, 1.165) is 0 Å². The smallest absolute Gasteiger partial charge is 0.328 e. The quantitative estimate of drug-likeness (QED) is 0.803. The van der Waals surface area contributed by atoms with E-state index in [1.165, 1.54) is 15.9 Å². The SMILES string of the molecule is COCCCn1c(=O)[nH]c2ccsc2c1=O. The minimum atomic E-state index is -0.355. The average Bonchev–Trinajstić information content (AvgIpc) is 2.71. The van der Waals surface area contributed by atoms with Gasteiger partial charge in [-0.05, 0) is 17.9 Å². The highest BCUT2D eigenvalue weighted by Crippen LogP contribution is 2.11.